The van der Waals surface area contributed by atoms with Crippen molar-refractivity contribution < 1.29 is 9.90 Å². The number of thiophene rings is 1. The van der Waals surface area contributed by atoms with Gasteiger partial charge in [0.15, 0.2) is 0 Å². The van der Waals surface area contributed by atoms with Gasteiger partial charge in [-0.3, -0.25) is 4.79 Å². The summed E-state index contributed by atoms with van der Waals surface area (Å²) in [4.78, 5) is 16.4. The number of aryl methyl sites for hydroxylation is 2. The van der Waals surface area contributed by atoms with Crippen molar-refractivity contribution in [2.24, 2.45) is 0 Å². The Morgan fingerprint density at radius 2 is 2.28 bits per heavy atom. The van der Waals surface area contributed by atoms with E-state index in [4.69, 9.17) is 5.11 Å². The first-order chi connectivity index (χ1) is 8.67. The molecule has 0 radical (unpaired) electrons. The number of rotatable bonds is 5. The minimum atomic E-state index is 0.0488. The fourth-order valence-electron chi connectivity index (χ4n) is 2.37. The number of amides is 1. The summed E-state index contributed by atoms with van der Waals surface area (Å²) in [6, 6.07) is 2.36. The molecule has 0 unspecified atom stereocenters. The van der Waals surface area contributed by atoms with Crippen LogP contribution in [-0.2, 0) is 6.42 Å². The van der Waals surface area contributed by atoms with Crippen LogP contribution in [0.4, 0.5) is 0 Å². The van der Waals surface area contributed by atoms with E-state index in [-0.39, 0.29) is 12.5 Å². The van der Waals surface area contributed by atoms with Crippen LogP contribution in [0.5, 0.6) is 0 Å². The summed E-state index contributed by atoms with van der Waals surface area (Å²) in [5, 5.41) is 9.12. The van der Waals surface area contributed by atoms with E-state index in [2.05, 4.69) is 13.8 Å². The Labute approximate surface area is 112 Å². The number of carbonyl (C=O) groups excluding carboxylic acids is 1. The molecule has 1 aliphatic carbocycles. The van der Waals surface area contributed by atoms with E-state index >= 15 is 0 Å². The summed E-state index contributed by atoms with van der Waals surface area (Å²) < 4.78 is 0. The predicted octanol–water partition coefficient (Wildman–Crippen LogP) is 2.61. The minimum absolute atomic E-state index is 0.0488. The van der Waals surface area contributed by atoms with Crippen molar-refractivity contribution in [1.82, 2.24) is 4.90 Å². The fourth-order valence-corrected chi connectivity index (χ4v) is 3.44. The SMILES string of the molecule is CCc1cc(C(=O)N(CCO)C2CCC2)sc1C. The molecule has 0 aliphatic heterocycles. The van der Waals surface area contributed by atoms with Gasteiger partial charge in [0.2, 0.25) is 0 Å². The lowest BCUT2D eigenvalue weighted by Gasteiger charge is -2.37. The third kappa shape index (κ3) is 2.59. The Morgan fingerprint density at radius 3 is 2.72 bits per heavy atom. The highest BCUT2D eigenvalue weighted by molar-refractivity contribution is 7.14. The van der Waals surface area contributed by atoms with Gasteiger partial charge in [-0.25, -0.2) is 0 Å². The van der Waals surface area contributed by atoms with Crippen LogP contribution in [0.25, 0.3) is 0 Å². The summed E-state index contributed by atoms with van der Waals surface area (Å²) in [6.45, 7) is 4.69. The molecule has 0 saturated heterocycles. The van der Waals surface area contributed by atoms with Gasteiger partial charge in [0.05, 0.1) is 11.5 Å². The quantitative estimate of drug-likeness (QED) is 0.891. The van der Waals surface area contributed by atoms with Crippen LogP contribution in [0.3, 0.4) is 0 Å². The molecule has 1 aromatic heterocycles. The van der Waals surface area contributed by atoms with E-state index in [0.717, 1.165) is 24.1 Å². The van der Waals surface area contributed by atoms with Gasteiger partial charge < -0.3 is 10.0 Å². The maximum Gasteiger partial charge on any atom is 0.264 e. The Kier molecular flexibility index (Phi) is 4.40. The molecule has 0 atom stereocenters. The van der Waals surface area contributed by atoms with E-state index in [9.17, 15) is 4.79 Å². The zero-order valence-corrected chi connectivity index (χ0v) is 11.9. The number of carbonyl (C=O) groups is 1. The lowest BCUT2D eigenvalue weighted by atomic mass is 9.91. The van der Waals surface area contributed by atoms with Crippen molar-refractivity contribution in [3.8, 4) is 0 Å². The number of hydrogen-bond donors (Lipinski definition) is 1. The third-order valence-electron chi connectivity index (χ3n) is 3.73. The van der Waals surface area contributed by atoms with E-state index in [1.165, 1.54) is 16.9 Å². The summed E-state index contributed by atoms with van der Waals surface area (Å²) in [7, 11) is 0. The van der Waals surface area contributed by atoms with Gasteiger partial charge in [-0.05, 0) is 44.2 Å². The molecular formula is C14H21NO2S. The Hall–Kier alpha value is -0.870. The number of aliphatic hydroxyl groups excluding tert-OH is 1. The zero-order valence-electron chi connectivity index (χ0n) is 11.1. The molecule has 0 aromatic carbocycles. The second kappa shape index (κ2) is 5.85. The number of nitrogens with zero attached hydrogens (tertiary/aromatic N) is 1. The van der Waals surface area contributed by atoms with E-state index in [1.807, 2.05) is 11.0 Å². The van der Waals surface area contributed by atoms with E-state index < -0.39 is 0 Å². The molecule has 1 N–H and O–H groups in total. The van der Waals surface area contributed by atoms with Crippen LogP contribution in [0.1, 0.15) is 46.3 Å². The monoisotopic (exact) mass is 267 g/mol. The van der Waals surface area contributed by atoms with Gasteiger partial charge in [0.25, 0.3) is 5.91 Å². The molecule has 4 heteroatoms. The highest BCUT2D eigenvalue weighted by atomic mass is 32.1. The Balaban J connectivity index is 2.15. The maximum atomic E-state index is 12.5. The number of hydrogen-bond acceptors (Lipinski definition) is 3. The van der Waals surface area contributed by atoms with Crippen molar-refractivity contribution in [2.45, 2.75) is 45.6 Å². The summed E-state index contributed by atoms with van der Waals surface area (Å²) in [5.41, 5.74) is 1.26. The zero-order chi connectivity index (χ0) is 13.1. The largest absolute Gasteiger partial charge is 0.395 e. The molecule has 1 aromatic rings. The standard InChI is InChI=1S/C14H21NO2S/c1-3-11-9-13(18-10(11)2)14(17)15(7-8-16)12-5-4-6-12/h9,12,16H,3-8H2,1-2H3. The van der Waals surface area contributed by atoms with Gasteiger partial charge in [0.1, 0.15) is 0 Å². The van der Waals surface area contributed by atoms with Gasteiger partial charge >= 0.3 is 0 Å². The van der Waals surface area contributed by atoms with E-state index in [1.54, 1.807) is 11.3 Å². The minimum Gasteiger partial charge on any atom is -0.395 e. The molecule has 1 fully saturated rings. The fraction of sp³-hybridized carbons (Fsp3) is 0.643. The normalized spacial score (nSPS) is 15.5. The molecule has 3 nitrogen and oxygen atoms in total. The molecule has 18 heavy (non-hydrogen) atoms. The molecule has 1 aliphatic rings. The van der Waals surface area contributed by atoms with Crippen molar-refractivity contribution in [1.29, 1.82) is 0 Å². The second-order valence-corrected chi connectivity index (χ2v) is 6.11. The highest BCUT2D eigenvalue weighted by Gasteiger charge is 2.29. The van der Waals surface area contributed by atoms with Crippen molar-refractivity contribution >= 4 is 17.2 Å². The van der Waals surface area contributed by atoms with Crippen molar-refractivity contribution in [3.05, 3.63) is 21.4 Å². The smallest absolute Gasteiger partial charge is 0.264 e. The second-order valence-electron chi connectivity index (χ2n) is 4.85. The third-order valence-corrected chi connectivity index (χ3v) is 4.81. The predicted molar refractivity (Wildman–Crippen MR) is 74.2 cm³/mol. The van der Waals surface area contributed by atoms with E-state index in [0.29, 0.717) is 12.6 Å². The highest BCUT2D eigenvalue weighted by Crippen LogP contribution is 2.29. The van der Waals surface area contributed by atoms with Gasteiger partial charge in [-0.15, -0.1) is 11.3 Å². The molecule has 0 bridgehead atoms. The lowest BCUT2D eigenvalue weighted by Crippen LogP contribution is -2.45. The Bertz CT molecular complexity index is 423. The molecule has 100 valence electrons. The first kappa shape index (κ1) is 13.6. The Morgan fingerprint density at radius 1 is 1.56 bits per heavy atom. The molecule has 0 spiro atoms. The summed E-state index contributed by atoms with van der Waals surface area (Å²) in [5.74, 6) is 0.0987. The van der Waals surface area contributed by atoms with Crippen LogP contribution < -0.4 is 0 Å². The van der Waals surface area contributed by atoms with Crippen LogP contribution in [0, 0.1) is 6.92 Å². The maximum absolute atomic E-state index is 12.5. The van der Waals surface area contributed by atoms with Crippen LogP contribution in [-0.4, -0.2) is 35.1 Å². The molecular weight excluding hydrogens is 246 g/mol. The lowest BCUT2D eigenvalue weighted by molar-refractivity contribution is 0.0530. The molecule has 1 amide bonds. The van der Waals surface area contributed by atoms with Gasteiger partial charge in [-0.1, -0.05) is 6.92 Å². The van der Waals surface area contributed by atoms with Crippen LogP contribution >= 0.6 is 11.3 Å². The molecule has 2 rings (SSSR count). The average Bonchev–Trinajstić information content (AvgIpc) is 2.66. The summed E-state index contributed by atoms with van der Waals surface area (Å²) in [6.07, 6.45) is 4.33. The topological polar surface area (TPSA) is 40.5 Å². The van der Waals surface area contributed by atoms with Crippen molar-refractivity contribution in [3.63, 3.8) is 0 Å². The molecule has 1 saturated carbocycles. The van der Waals surface area contributed by atoms with Gasteiger partial charge in [0, 0.05) is 17.5 Å². The van der Waals surface area contributed by atoms with Crippen LogP contribution in [0.15, 0.2) is 6.07 Å². The van der Waals surface area contributed by atoms with Crippen molar-refractivity contribution in [2.75, 3.05) is 13.2 Å². The van der Waals surface area contributed by atoms with Gasteiger partial charge in [-0.2, -0.15) is 0 Å². The average molecular weight is 267 g/mol. The summed E-state index contributed by atoms with van der Waals surface area (Å²) >= 11 is 1.58. The van der Waals surface area contributed by atoms with Crippen LogP contribution in [0.2, 0.25) is 0 Å². The first-order valence-electron chi connectivity index (χ1n) is 6.68. The first-order valence-corrected chi connectivity index (χ1v) is 7.50. The number of aliphatic hydroxyl groups is 1. The molecule has 1 heterocycles.